The molecule has 0 fully saturated rings. The molecule has 0 saturated heterocycles. The Hall–Kier alpha value is -4.24. The highest BCUT2D eigenvalue weighted by molar-refractivity contribution is 6.34. The van der Waals surface area contributed by atoms with Gasteiger partial charge in [-0.25, -0.2) is 0 Å². The predicted molar refractivity (Wildman–Crippen MR) is 129 cm³/mol. The number of fused-ring (bicyclic) bond motifs is 1. The van der Waals surface area contributed by atoms with Crippen molar-refractivity contribution in [3.05, 3.63) is 98.6 Å². The second-order valence-corrected chi connectivity index (χ2v) is 7.99. The zero-order chi connectivity index (χ0) is 25.1. The van der Waals surface area contributed by atoms with Crippen LogP contribution in [0.5, 0.6) is 5.75 Å². The number of nitro groups is 1. The van der Waals surface area contributed by atoms with Crippen LogP contribution in [0.25, 0.3) is 0 Å². The molecule has 1 heterocycles. The highest BCUT2D eigenvalue weighted by Gasteiger charge is 2.36. The average molecular weight is 494 g/mol. The number of rotatable bonds is 8. The molecule has 0 saturated carbocycles. The molecule has 4 rings (SSSR count). The van der Waals surface area contributed by atoms with E-state index in [4.69, 9.17) is 16.3 Å². The van der Waals surface area contributed by atoms with E-state index in [1.165, 1.54) is 17.0 Å². The molecule has 1 aliphatic heterocycles. The quantitative estimate of drug-likeness (QED) is 0.258. The van der Waals surface area contributed by atoms with E-state index < -0.39 is 22.6 Å². The first kappa shape index (κ1) is 23.9. The molecular weight excluding hydrogens is 474 g/mol. The van der Waals surface area contributed by atoms with Crippen molar-refractivity contribution in [3.8, 4) is 5.75 Å². The van der Waals surface area contributed by atoms with E-state index in [9.17, 15) is 24.5 Å². The fraction of sp³-hybridized carbons (Fsp3) is 0.160. The van der Waals surface area contributed by atoms with Gasteiger partial charge in [-0.1, -0.05) is 35.9 Å². The molecule has 3 amide bonds. The fourth-order valence-corrected chi connectivity index (χ4v) is 4.12. The maximum atomic E-state index is 13.6. The topological polar surface area (TPSA) is 110 Å². The second kappa shape index (κ2) is 9.94. The Morgan fingerprint density at radius 2 is 1.66 bits per heavy atom. The smallest absolute Gasteiger partial charge is 0.270 e. The summed E-state index contributed by atoms with van der Waals surface area (Å²) in [7, 11) is 0. The number of benzene rings is 3. The van der Waals surface area contributed by atoms with Gasteiger partial charge in [0.1, 0.15) is 5.75 Å². The summed E-state index contributed by atoms with van der Waals surface area (Å²) in [6.07, 6.45) is 0. The lowest BCUT2D eigenvalue weighted by Crippen LogP contribution is -2.41. The number of carbonyl (C=O) groups excluding carboxylic acids is 3. The van der Waals surface area contributed by atoms with Gasteiger partial charge >= 0.3 is 0 Å². The van der Waals surface area contributed by atoms with E-state index in [0.717, 1.165) is 11.0 Å². The number of halogens is 1. The van der Waals surface area contributed by atoms with Gasteiger partial charge in [0.15, 0.2) is 0 Å². The summed E-state index contributed by atoms with van der Waals surface area (Å²) in [6, 6.07) is 16.9. The molecule has 178 valence electrons. The normalized spacial score (nSPS) is 12.5. The molecule has 10 heteroatoms. The van der Waals surface area contributed by atoms with Crippen LogP contribution in [0.2, 0.25) is 5.02 Å². The Kier molecular flexibility index (Phi) is 6.79. The Morgan fingerprint density at radius 1 is 1.03 bits per heavy atom. The van der Waals surface area contributed by atoms with Gasteiger partial charge in [0.05, 0.1) is 38.9 Å². The van der Waals surface area contributed by atoms with Crippen molar-refractivity contribution in [1.29, 1.82) is 0 Å². The van der Waals surface area contributed by atoms with Crippen molar-refractivity contribution >= 4 is 40.7 Å². The van der Waals surface area contributed by atoms with Crippen molar-refractivity contribution in [3.63, 3.8) is 0 Å². The van der Waals surface area contributed by atoms with Gasteiger partial charge in [-0.05, 0) is 37.3 Å². The number of hydrogen-bond acceptors (Lipinski definition) is 6. The standard InChI is InChI=1S/C25H20ClN3O6/c1-2-35-22-10-6-5-9-21(22)27(25(32)19-12-11-16(29(33)34)15-20(19)26)13-14-28-23(30)17-7-3-4-8-18(17)24(28)31/h3-12,15H,2,13-14H2,1H3. The number of carbonyl (C=O) groups is 3. The SMILES string of the molecule is CCOc1ccccc1N(CCN1C(=O)c2ccccc2C1=O)C(=O)c1ccc([N+](=O)[O-])cc1Cl. The lowest BCUT2D eigenvalue weighted by Gasteiger charge is -2.27. The third-order valence-corrected chi connectivity index (χ3v) is 5.83. The van der Waals surface area contributed by atoms with Gasteiger partial charge in [0, 0.05) is 25.2 Å². The van der Waals surface area contributed by atoms with Crippen LogP contribution in [0.1, 0.15) is 38.0 Å². The summed E-state index contributed by atoms with van der Waals surface area (Å²) in [4.78, 5) is 52.2. The number of para-hydroxylation sites is 2. The van der Waals surface area contributed by atoms with Crippen LogP contribution in [-0.4, -0.2) is 47.2 Å². The number of anilines is 1. The predicted octanol–water partition coefficient (Wildman–Crippen LogP) is 4.59. The Morgan fingerprint density at radius 3 is 2.26 bits per heavy atom. The lowest BCUT2D eigenvalue weighted by atomic mass is 10.1. The zero-order valence-electron chi connectivity index (χ0n) is 18.6. The molecule has 35 heavy (non-hydrogen) atoms. The van der Waals surface area contributed by atoms with Crippen LogP contribution in [0.4, 0.5) is 11.4 Å². The first-order valence-electron chi connectivity index (χ1n) is 10.8. The third-order valence-electron chi connectivity index (χ3n) is 5.52. The van der Waals surface area contributed by atoms with Gasteiger partial charge in [0.2, 0.25) is 0 Å². The van der Waals surface area contributed by atoms with Crippen LogP contribution in [0.15, 0.2) is 66.7 Å². The monoisotopic (exact) mass is 493 g/mol. The molecule has 0 aliphatic carbocycles. The van der Waals surface area contributed by atoms with E-state index in [0.29, 0.717) is 29.2 Å². The van der Waals surface area contributed by atoms with Gasteiger partial charge in [-0.15, -0.1) is 0 Å². The summed E-state index contributed by atoms with van der Waals surface area (Å²) in [5, 5.41) is 11.0. The summed E-state index contributed by atoms with van der Waals surface area (Å²) in [6.45, 7) is 2.01. The van der Waals surface area contributed by atoms with Crippen LogP contribution in [0.3, 0.4) is 0 Å². The summed E-state index contributed by atoms with van der Waals surface area (Å²) in [5.41, 5.74) is 0.808. The maximum Gasteiger partial charge on any atom is 0.270 e. The molecular formula is C25H20ClN3O6. The highest BCUT2D eigenvalue weighted by atomic mass is 35.5. The summed E-state index contributed by atoms with van der Waals surface area (Å²) < 4.78 is 5.69. The Balaban J connectivity index is 1.68. The lowest BCUT2D eigenvalue weighted by molar-refractivity contribution is -0.384. The fourth-order valence-electron chi connectivity index (χ4n) is 3.87. The first-order valence-corrected chi connectivity index (χ1v) is 11.1. The van der Waals surface area contributed by atoms with Gasteiger partial charge < -0.3 is 9.64 Å². The van der Waals surface area contributed by atoms with Crippen molar-refractivity contribution in [2.24, 2.45) is 0 Å². The van der Waals surface area contributed by atoms with Crippen molar-refractivity contribution in [2.45, 2.75) is 6.92 Å². The number of nitro benzene ring substituents is 1. The van der Waals surface area contributed by atoms with Gasteiger partial charge in [0.25, 0.3) is 23.4 Å². The largest absolute Gasteiger partial charge is 0.492 e. The molecule has 0 spiro atoms. The van der Waals surface area contributed by atoms with Crippen LogP contribution < -0.4 is 9.64 Å². The summed E-state index contributed by atoms with van der Waals surface area (Å²) in [5.74, 6) is -1.02. The molecule has 3 aromatic rings. The minimum atomic E-state index is -0.607. The van der Waals surface area contributed by atoms with Crippen molar-refractivity contribution < 1.29 is 24.0 Å². The molecule has 0 N–H and O–H groups in total. The number of hydrogen-bond donors (Lipinski definition) is 0. The minimum Gasteiger partial charge on any atom is -0.492 e. The van der Waals surface area contributed by atoms with E-state index in [1.54, 1.807) is 55.5 Å². The molecule has 0 aromatic heterocycles. The maximum absolute atomic E-state index is 13.6. The zero-order valence-corrected chi connectivity index (χ0v) is 19.4. The molecule has 0 bridgehead atoms. The number of non-ortho nitro benzene ring substituents is 1. The van der Waals surface area contributed by atoms with Crippen LogP contribution in [-0.2, 0) is 0 Å². The van der Waals surface area contributed by atoms with E-state index in [2.05, 4.69) is 0 Å². The van der Waals surface area contributed by atoms with Crippen molar-refractivity contribution in [1.82, 2.24) is 4.90 Å². The second-order valence-electron chi connectivity index (χ2n) is 7.59. The van der Waals surface area contributed by atoms with E-state index in [-0.39, 0.29) is 29.4 Å². The van der Waals surface area contributed by atoms with Crippen LogP contribution in [0, 0.1) is 10.1 Å². The molecule has 0 unspecified atom stereocenters. The van der Waals surface area contributed by atoms with E-state index in [1.807, 2.05) is 0 Å². The Labute approximate surface area is 205 Å². The molecule has 1 aliphatic rings. The van der Waals surface area contributed by atoms with Gasteiger partial charge in [-0.2, -0.15) is 0 Å². The van der Waals surface area contributed by atoms with Crippen LogP contribution >= 0.6 is 11.6 Å². The number of imide groups is 1. The minimum absolute atomic E-state index is 0.0333. The molecule has 0 atom stereocenters. The molecule has 0 radical (unpaired) electrons. The summed E-state index contributed by atoms with van der Waals surface area (Å²) >= 11 is 6.23. The molecule has 9 nitrogen and oxygen atoms in total. The number of ether oxygens (including phenoxy) is 1. The molecule has 3 aromatic carbocycles. The highest BCUT2D eigenvalue weighted by Crippen LogP contribution is 2.32. The third kappa shape index (κ3) is 4.58. The number of nitrogens with zero attached hydrogens (tertiary/aromatic N) is 3. The first-order chi connectivity index (χ1) is 16.8. The van der Waals surface area contributed by atoms with Crippen molar-refractivity contribution in [2.75, 3.05) is 24.6 Å². The number of amides is 3. The average Bonchev–Trinajstić information content (AvgIpc) is 3.10. The van der Waals surface area contributed by atoms with Gasteiger partial charge in [-0.3, -0.25) is 29.4 Å². The van der Waals surface area contributed by atoms with E-state index >= 15 is 0 Å². The Bertz CT molecular complexity index is 1310.